The molecule has 0 fully saturated rings. The topological polar surface area (TPSA) is 112 Å². The van der Waals surface area contributed by atoms with E-state index in [1.54, 1.807) is 36.4 Å². The van der Waals surface area contributed by atoms with E-state index in [0.717, 1.165) is 49.0 Å². The molecule has 4 aromatic rings. The third-order valence-electron chi connectivity index (χ3n) is 5.98. The van der Waals surface area contributed by atoms with Gasteiger partial charge in [0.1, 0.15) is 5.75 Å². The van der Waals surface area contributed by atoms with Gasteiger partial charge in [-0.25, -0.2) is 9.67 Å². The second kappa shape index (κ2) is 9.80. The molecule has 2 aromatic heterocycles. The molecule has 8 heteroatoms. The molecule has 5 rings (SSSR count). The number of amides is 2. The number of anilines is 1. The summed E-state index contributed by atoms with van der Waals surface area (Å²) in [5, 5.41) is 7.63. The number of aromatic nitrogens is 3. The van der Waals surface area contributed by atoms with Crippen molar-refractivity contribution >= 4 is 17.5 Å². The number of primary amides is 1. The maximum absolute atomic E-state index is 13.2. The van der Waals surface area contributed by atoms with Crippen molar-refractivity contribution in [2.45, 2.75) is 32.1 Å². The monoisotopic (exact) mass is 467 g/mol. The first-order valence-electron chi connectivity index (χ1n) is 11.6. The summed E-state index contributed by atoms with van der Waals surface area (Å²) in [5.74, 6) is -0.0249. The van der Waals surface area contributed by atoms with E-state index in [2.05, 4.69) is 10.3 Å². The molecule has 3 N–H and O–H groups in total. The molecule has 1 aliphatic rings. The number of pyridine rings is 1. The van der Waals surface area contributed by atoms with Gasteiger partial charge in [0.25, 0.3) is 5.91 Å². The Labute approximate surface area is 202 Å². The molecule has 0 unspecified atom stereocenters. The van der Waals surface area contributed by atoms with Gasteiger partial charge in [-0.05, 0) is 62.1 Å². The Hall–Kier alpha value is -4.46. The van der Waals surface area contributed by atoms with Crippen LogP contribution in [-0.2, 0) is 12.8 Å². The fraction of sp³-hybridized carbons (Fsp3) is 0.185. The van der Waals surface area contributed by atoms with Gasteiger partial charge in [-0.15, -0.1) is 0 Å². The average molecular weight is 468 g/mol. The summed E-state index contributed by atoms with van der Waals surface area (Å²) in [7, 11) is 0. The SMILES string of the molecule is NC(=O)c1cccc(Oc2ccc(NC(=O)c3nn(-c4ccccc4)c4c3CCCCC4)cn2)c1. The van der Waals surface area contributed by atoms with Crippen LogP contribution in [0.25, 0.3) is 5.69 Å². The van der Waals surface area contributed by atoms with Crippen molar-refractivity contribution in [3.63, 3.8) is 0 Å². The second-order valence-corrected chi connectivity index (χ2v) is 8.42. The minimum Gasteiger partial charge on any atom is -0.439 e. The van der Waals surface area contributed by atoms with Gasteiger partial charge in [-0.1, -0.05) is 30.7 Å². The first-order valence-corrected chi connectivity index (χ1v) is 11.6. The van der Waals surface area contributed by atoms with Gasteiger partial charge in [-0.3, -0.25) is 9.59 Å². The zero-order valence-electron chi connectivity index (χ0n) is 19.1. The number of hydrogen-bond donors (Lipinski definition) is 2. The van der Waals surface area contributed by atoms with E-state index < -0.39 is 5.91 Å². The summed E-state index contributed by atoms with van der Waals surface area (Å²) in [6.07, 6.45) is 6.52. The molecule has 0 saturated carbocycles. The van der Waals surface area contributed by atoms with E-state index in [1.165, 1.54) is 6.20 Å². The van der Waals surface area contributed by atoms with Crippen molar-refractivity contribution in [2.75, 3.05) is 5.32 Å². The maximum atomic E-state index is 13.2. The summed E-state index contributed by atoms with van der Waals surface area (Å²) >= 11 is 0. The summed E-state index contributed by atoms with van der Waals surface area (Å²) < 4.78 is 7.61. The molecular weight excluding hydrogens is 442 g/mol. The van der Waals surface area contributed by atoms with Crippen LogP contribution in [0.3, 0.4) is 0 Å². The Kier molecular flexibility index (Phi) is 6.26. The van der Waals surface area contributed by atoms with E-state index in [9.17, 15) is 9.59 Å². The highest BCUT2D eigenvalue weighted by atomic mass is 16.5. The van der Waals surface area contributed by atoms with E-state index in [0.29, 0.717) is 28.6 Å². The van der Waals surface area contributed by atoms with Gasteiger partial charge in [0, 0.05) is 22.9 Å². The first kappa shape index (κ1) is 22.3. The zero-order chi connectivity index (χ0) is 24.2. The molecule has 8 nitrogen and oxygen atoms in total. The number of hydrogen-bond acceptors (Lipinski definition) is 5. The third kappa shape index (κ3) is 4.91. The highest BCUT2D eigenvalue weighted by molar-refractivity contribution is 6.04. The van der Waals surface area contributed by atoms with Crippen molar-refractivity contribution in [3.05, 3.63) is 95.4 Å². The van der Waals surface area contributed by atoms with E-state index in [4.69, 9.17) is 15.6 Å². The second-order valence-electron chi connectivity index (χ2n) is 8.42. The summed E-state index contributed by atoms with van der Waals surface area (Å²) in [4.78, 5) is 28.9. The lowest BCUT2D eigenvalue weighted by atomic mass is 10.1. The van der Waals surface area contributed by atoms with Gasteiger partial charge in [0.15, 0.2) is 5.69 Å². The molecule has 0 aliphatic heterocycles. The molecule has 35 heavy (non-hydrogen) atoms. The lowest BCUT2D eigenvalue weighted by molar-refractivity contribution is 0.0996. The van der Waals surface area contributed by atoms with Crippen LogP contribution in [0.15, 0.2) is 72.9 Å². The molecule has 0 spiro atoms. The predicted octanol–water partition coefficient (Wildman–Crippen LogP) is 4.68. The number of nitrogens with two attached hydrogens (primary N) is 1. The van der Waals surface area contributed by atoms with Gasteiger partial charge in [-0.2, -0.15) is 5.10 Å². The average Bonchev–Trinajstić information content (AvgIpc) is 3.07. The van der Waals surface area contributed by atoms with Crippen LogP contribution in [0.5, 0.6) is 11.6 Å². The number of carbonyl (C=O) groups is 2. The third-order valence-corrected chi connectivity index (χ3v) is 5.98. The predicted molar refractivity (Wildman–Crippen MR) is 132 cm³/mol. The number of ether oxygens (including phenoxy) is 1. The molecule has 2 amide bonds. The molecule has 0 saturated heterocycles. The number of rotatable bonds is 6. The van der Waals surface area contributed by atoms with Gasteiger partial charge in [0.05, 0.1) is 17.6 Å². The van der Waals surface area contributed by atoms with Crippen molar-refractivity contribution in [2.24, 2.45) is 5.73 Å². The number of benzene rings is 2. The standard InChI is InChI=1S/C27H25N5O3/c28-26(33)18-8-7-11-21(16-18)35-24-15-14-19(17-29-24)30-27(34)25-22-12-5-2-6-13-23(22)32(31-25)20-9-3-1-4-10-20/h1,3-4,7-11,14-17H,2,5-6,12-13H2,(H2,28,33)(H,30,34). The van der Waals surface area contributed by atoms with E-state index >= 15 is 0 Å². The van der Waals surface area contributed by atoms with Crippen LogP contribution in [0.2, 0.25) is 0 Å². The minimum atomic E-state index is -0.533. The fourth-order valence-corrected chi connectivity index (χ4v) is 4.28. The normalized spacial score (nSPS) is 12.9. The van der Waals surface area contributed by atoms with Crippen LogP contribution in [0.4, 0.5) is 5.69 Å². The molecule has 176 valence electrons. The molecule has 0 radical (unpaired) electrons. The number of nitrogens with one attached hydrogen (secondary N) is 1. The summed E-state index contributed by atoms with van der Waals surface area (Å²) in [6.45, 7) is 0. The van der Waals surface area contributed by atoms with Crippen LogP contribution in [0, 0.1) is 0 Å². The number of carbonyl (C=O) groups excluding carboxylic acids is 2. The Morgan fingerprint density at radius 2 is 1.77 bits per heavy atom. The van der Waals surface area contributed by atoms with Crippen molar-refractivity contribution < 1.29 is 14.3 Å². The largest absolute Gasteiger partial charge is 0.439 e. The zero-order valence-corrected chi connectivity index (χ0v) is 19.1. The molecule has 0 bridgehead atoms. The molecular formula is C27H25N5O3. The molecule has 2 heterocycles. The van der Waals surface area contributed by atoms with Crippen LogP contribution in [0.1, 0.15) is 51.4 Å². The van der Waals surface area contributed by atoms with Gasteiger partial charge < -0.3 is 15.8 Å². The lowest BCUT2D eigenvalue weighted by Gasteiger charge is -2.08. The Morgan fingerprint density at radius 3 is 2.54 bits per heavy atom. The highest BCUT2D eigenvalue weighted by Crippen LogP contribution is 2.27. The van der Waals surface area contributed by atoms with E-state index in [-0.39, 0.29) is 5.91 Å². The molecule has 0 atom stereocenters. The van der Waals surface area contributed by atoms with Crippen LogP contribution >= 0.6 is 0 Å². The van der Waals surface area contributed by atoms with Gasteiger partial charge in [0.2, 0.25) is 11.8 Å². The Bertz CT molecular complexity index is 1360. The van der Waals surface area contributed by atoms with Crippen molar-refractivity contribution in [1.82, 2.24) is 14.8 Å². The fourth-order valence-electron chi connectivity index (χ4n) is 4.28. The first-order chi connectivity index (χ1) is 17.1. The number of para-hydroxylation sites is 1. The minimum absolute atomic E-state index is 0.262. The smallest absolute Gasteiger partial charge is 0.276 e. The summed E-state index contributed by atoms with van der Waals surface area (Å²) in [5.41, 5.74) is 9.73. The van der Waals surface area contributed by atoms with Crippen LogP contribution < -0.4 is 15.8 Å². The van der Waals surface area contributed by atoms with Crippen molar-refractivity contribution in [1.29, 1.82) is 0 Å². The summed E-state index contributed by atoms with van der Waals surface area (Å²) in [6, 6.07) is 19.8. The maximum Gasteiger partial charge on any atom is 0.276 e. The molecule has 2 aromatic carbocycles. The number of nitrogens with zero attached hydrogens (tertiary/aromatic N) is 3. The highest BCUT2D eigenvalue weighted by Gasteiger charge is 2.25. The Balaban J connectivity index is 1.35. The van der Waals surface area contributed by atoms with Crippen molar-refractivity contribution in [3.8, 4) is 17.3 Å². The Morgan fingerprint density at radius 1 is 0.943 bits per heavy atom. The quantitative estimate of drug-likeness (QED) is 0.400. The molecule has 1 aliphatic carbocycles. The van der Waals surface area contributed by atoms with Crippen LogP contribution in [-0.4, -0.2) is 26.6 Å². The van der Waals surface area contributed by atoms with E-state index in [1.807, 2.05) is 35.0 Å². The number of fused-ring (bicyclic) bond motifs is 1. The lowest BCUT2D eigenvalue weighted by Crippen LogP contribution is -2.15. The van der Waals surface area contributed by atoms with Gasteiger partial charge >= 0.3 is 0 Å².